The standard InChI is InChI=1S/C20H22BrF3N6O3/c1-28-19(31)18-13-10-29(20(32)26-11-2-3-15(22)14(21)6-11)5-4-16(13)27-30(18)9-12(33-28)7-25-8-17(23)24/h2-3,6,12,17,25H,4-5,7-10H2,1H3,(H,26,32)/t12-/m1/s1. The Morgan fingerprint density at radius 3 is 2.91 bits per heavy atom. The molecule has 0 saturated carbocycles. The smallest absolute Gasteiger partial charge is 0.320 e. The number of benzene rings is 1. The van der Waals surface area contributed by atoms with Crippen LogP contribution in [0.1, 0.15) is 21.7 Å². The summed E-state index contributed by atoms with van der Waals surface area (Å²) in [5.74, 6) is -0.865. The van der Waals surface area contributed by atoms with Crippen LogP contribution in [-0.4, -0.2) is 70.9 Å². The molecule has 1 atom stereocenters. The maximum atomic E-state index is 13.5. The van der Waals surface area contributed by atoms with Crippen molar-refractivity contribution in [3.63, 3.8) is 0 Å². The summed E-state index contributed by atoms with van der Waals surface area (Å²) in [6.45, 7) is 0.386. The van der Waals surface area contributed by atoms with Gasteiger partial charge < -0.3 is 15.5 Å². The van der Waals surface area contributed by atoms with E-state index < -0.39 is 30.8 Å². The van der Waals surface area contributed by atoms with Gasteiger partial charge in [0.25, 0.3) is 12.3 Å². The van der Waals surface area contributed by atoms with Gasteiger partial charge in [0.1, 0.15) is 17.6 Å². The highest BCUT2D eigenvalue weighted by molar-refractivity contribution is 9.10. The van der Waals surface area contributed by atoms with Crippen molar-refractivity contribution < 1.29 is 27.6 Å². The highest BCUT2D eigenvalue weighted by atomic mass is 79.9. The van der Waals surface area contributed by atoms with Gasteiger partial charge in [-0.2, -0.15) is 5.10 Å². The van der Waals surface area contributed by atoms with Gasteiger partial charge in [0.05, 0.1) is 29.8 Å². The van der Waals surface area contributed by atoms with Crippen LogP contribution in [0.4, 0.5) is 23.7 Å². The Hall–Kier alpha value is -2.64. The number of hydrogen-bond donors (Lipinski definition) is 2. The zero-order valence-electron chi connectivity index (χ0n) is 17.7. The Labute approximate surface area is 195 Å². The van der Waals surface area contributed by atoms with Gasteiger partial charge in [0.15, 0.2) is 0 Å². The SMILES string of the molecule is CN1O[C@H](CNCC(F)F)Cn2nc3c(c2C1=O)CN(C(=O)Nc1ccc(F)c(Br)c1)CC3. The Bertz CT molecular complexity index is 1070. The van der Waals surface area contributed by atoms with E-state index in [-0.39, 0.29) is 30.1 Å². The number of amides is 3. The van der Waals surface area contributed by atoms with Crippen molar-refractivity contribution in [1.29, 1.82) is 0 Å². The first-order valence-corrected chi connectivity index (χ1v) is 11.1. The third kappa shape index (κ3) is 5.14. The Morgan fingerprint density at radius 2 is 2.18 bits per heavy atom. The molecule has 4 rings (SSSR count). The number of carbonyl (C=O) groups is 2. The van der Waals surface area contributed by atoms with Gasteiger partial charge in [-0.05, 0) is 34.1 Å². The van der Waals surface area contributed by atoms with Crippen LogP contribution in [0.5, 0.6) is 0 Å². The first-order chi connectivity index (χ1) is 15.7. The first kappa shape index (κ1) is 23.5. The van der Waals surface area contributed by atoms with Crippen molar-refractivity contribution in [2.75, 3.05) is 32.0 Å². The summed E-state index contributed by atoms with van der Waals surface area (Å²) in [5.41, 5.74) is 2.07. The molecule has 0 radical (unpaired) electrons. The molecule has 0 aliphatic carbocycles. The van der Waals surface area contributed by atoms with E-state index in [2.05, 4.69) is 31.7 Å². The number of anilines is 1. The normalized spacial score (nSPS) is 18.2. The number of alkyl halides is 2. The van der Waals surface area contributed by atoms with Crippen LogP contribution in [0.25, 0.3) is 0 Å². The van der Waals surface area contributed by atoms with E-state index in [1.165, 1.54) is 29.9 Å². The number of nitrogens with zero attached hydrogens (tertiary/aromatic N) is 4. The molecule has 1 aromatic carbocycles. The fourth-order valence-corrected chi connectivity index (χ4v) is 4.23. The van der Waals surface area contributed by atoms with E-state index >= 15 is 0 Å². The maximum Gasteiger partial charge on any atom is 0.322 e. The molecular formula is C20H22BrF3N6O3. The fraction of sp³-hybridized carbons (Fsp3) is 0.450. The van der Waals surface area contributed by atoms with Gasteiger partial charge in [-0.15, -0.1) is 0 Å². The molecule has 2 N–H and O–H groups in total. The van der Waals surface area contributed by atoms with Gasteiger partial charge >= 0.3 is 6.03 Å². The van der Waals surface area contributed by atoms with Crippen LogP contribution < -0.4 is 10.6 Å². The lowest BCUT2D eigenvalue weighted by molar-refractivity contribution is -0.146. The van der Waals surface area contributed by atoms with Crippen LogP contribution in [0.2, 0.25) is 0 Å². The zero-order valence-corrected chi connectivity index (χ0v) is 19.2. The highest BCUT2D eigenvalue weighted by Gasteiger charge is 2.35. The molecule has 1 aromatic heterocycles. The van der Waals surface area contributed by atoms with Crippen LogP contribution in [-0.2, 0) is 24.3 Å². The number of aromatic nitrogens is 2. The lowest BCUT2D eigenvalue weighted by Crippen LogP contribution is -2.40. The van der Waals surface area contributed by atoms with Crippen molar-refractivity contribution in [3.8, 4) is 0 Å². The summed E-state index contributed by atoms with van der Waals surface area (Å²) in [6.07, 6.45) is -2.62. The molecule has 2 aromatic rings. The summed E-state index contributed by atoms with van der Waals surface area (Å²) < 4.78 is 40.1. The van der Waals surface area contributed by atoms with Crippen molar-refractivity contribution in [2.24, 2.45) is 0 Å². The molecule has 178 valence electrons. The van der Waals surface area contributed by atoms with Crippen molar-refractivity contribution in [3.05, 3.63) is 45.4 Å². The van der Waals surface area contributed by atoms with E-state index in [0.29, 0.717) is 35.6 Å². The summed E-state index contributed by atoms with van der Waals surface area (Å²) in [4.78, 5) is 32.9. The lowest BCUT2D eigenvalue weighted by Gasteiger charge is -2.27. The topological polar surface area (TPSA) is 91.7 Å². The molecule has 0 spiro atoms. The van der Waals surface area contributed by atoms with Crippen LogP contribution in [0.3, 0.4) is 0 Å². The monoisotopic (exact) mass is 530 g/mol. The Balaban J connectivity index is 1.50. The Kier molecular flexibility index (Phi) is 6.91. The number of fused-ring (bicyclic) bond motifs is 3. The predicted octanol–water partition coefficient (Wildman–Crippen LogP) is 2.62. The number of urea groups is 1. The second kappa shape index (κ2) is 9.69. The van der Waals surface area contributed by atoms with E-state index in [1.807, 2.05) is 0 Å². The van der Waals surface area contributed by atoms with Crippen molar-refractivity contribution in [2.45, 2.75) is 32.0 Å². The van der Waals surface area contributed by atoms with Gasteiger partial charge in [0.2, 0.25) is 0 Å². The molecular weight excluding hydrogens is 509 g/mol. The number of hydrogen-bond acceptors (Lipinski definition) is 5. The highest BCUT2D eigenvalue weighted by Crippen LogP contribution is 2.27. The second-order valence-electron chi connectivity index (χ2n) is 7.77. The maximum absolute atomic E-state index is 13.5. The van der Waals surface area contributed by atoms with Gasteiger partial charge in [-0.1, -0.05) is 0 Å². The third-order valence-electron chi connectivity index (χ3n) is 5.40. The molecule has 2 aliphatic heterocycles. The zero-order chi connectivity index (χ0) is 23.7. The average molecular weight is 531 g/mol. The number of halogens is 4. The summed E-state index contributed by atoms with van der Waals surface area (Å²) in [6, 6.07) is 3.77. The van der Waals surface area contributed by atoms with Crippen LogP contribution >= 0.6 is 15.9 Å². The lowest BCUT2D eigenvalue weighted by atomic mass is 10.1. The molecule has 0 bridgehead atoms. The van der Waals surface area contributed by atoms with Gasteiger partial charge in [-0.3, -0.25) is 14.3 Å². The largest absolute Gasteiger partial charge is 0.322 e. The third-order valence-corrected chi connectivity index (χ3v) is 6.01. The average Bonchev–Trinajstić information content (AvgIpc) is 3.06. The number of rotatable bonds is 5. The molecule has 9 nitrogen and oxygen atoms in total. The molecule has 2 aliphatic rings. The molecule has 0 fully saturated rings. The minimum Gasteiger partial charge on any atom is -0.320 e. The minimum atomic E-state index is -2.49. The molecule has 33 heavy (non-hydrogen) atoms. The number of nitrogens with one attached hydrogen (secondary N) is 2. The van der Waals surface area contributed by atoms with E-state index in [0.717, 1.165) is 5.06 Å². The van der Waals surface area contributed by atoms with Crippen molar-refractivity contribution >= 4 is 33.6 Å². The van der Waals surface area contributed by atoms with Gasteiger partial charge in [0, 0.05) is 37.8 Å². The van der Waals surface area contributed by atoms with Crippen LogP contribution in [0, 0.1) is 5.82 Å². The summed E-state index contributed by atoms with van der Waals surface area (Å²) in [7, 11) is 1.46. The minimum absolute atomic E-state index is 0.119. The van der Waals surface area contributed by atoms with Crippen LogP contribution in [0.15, 0.2) is 22.7 Å². The Morgan fingerprint density at radius 1 is 1.39 bits per heavy atom. The molecule has 13 heteroatoms. The molecule has 3 amide bonds. The van der Waals surface area contributed by atoms with E-state index in [9.17, 15) is 22.8 Å². The second-order valence-corrected chi connectivity index (χ2v) is 8.62. The summed E-state index contributed by atoms with van der Waals surface area (Å²) >= 11 is 3.09. The summed E-state index contributed by atoms with van der Waals surface area (Å²) in [5, 5.41) is 11.0. The quantitative estimate of drug-likeness (QED) is 0.620. The van der Waals surface area contributed by atoms with E-state index in [1.54, 1.807) is 4.90 Å². The molecule has 0 saturated heterocycles. The van der Waals surface area contributed by atoms with Crippen molar-refractivity contribution in [1.82, 2.24) is 25.1 Å². The predicted molar refractivity (Wildman–Crippen MR) is 115 cm³/mol. The number of hydroxylamine groups is 2. The first-order valence-electron chi connectivity index (χ1n) is 10.3. The fourth-order valence-electron chi connectivity index (χ4n) is 3.85. The molecule has 0 unspecified atom stereocenters. The van der Waals surface area contributed by atoms with E-state index in [4.69, 9.17) is 4.84 Å². The van der Waals surface area contributed by atoms with Gasteiger partial charge in [-0.25, -0.2) is 23.0 Å². The molecule has 3 heterocycles. The number of carbonyl (C=O) groups excluding carboxylic acids is 2.